The third-order valence-corrected chi connectivity index (χ3v) is 2.84. The number of hydrogen-bond donors (Lipinski definition) is 2. The Morgan fingerprint density at radius 1 is 1.06 bits per heavy atom. The molecule has 1 amide bonds. The first-order valence-electron chi connectivity index (χ1n) is 6.63. The maximum atomic E-state index is 11.4. The van der Waals surface area contributed by atoms with E-state index < -0.39 is 0 Å². The van der Waals surface area contributed by atoms with E-state index in [1.807, 2.05) is 6.92 Å². The van der Waals surface area contributed by atoms with Gasteiger partial charge in [0.25, 0.3) is 0 Å². The summed E-state index contributed by atoms with van der Waals surface area (Å²) in [6.07, 6.45) is 8.02. The zero-order chi connectivity index (χ0) is 12.9. The summed E-state index contributed by atoms with van der Waals surface area (Å²) in [5.74, 6) is 0.174. The molecule has 0 aromatic carbocycles. The summed E-state index contributed by atoms with van der Waals surface area (Å²) in [4.78, 5) is 12.5. The number of thiocarbonyl (C=S) groups is 1. The summed E-state index contributed by atoms with van der Waals surface area (Å²) in [6, 6.07) is 0. The van der Waals surface area contributed by atoms with Crippen molar-refractivity contribution >= 4 is 23.0 Å². The summed E-state index contributed by atoms with van der Waals surface area (Å²) in [5.41, 5.74) is 5.38. The molecule has 3 N–H and O–H groups in total. The Hall–Kier alpha value is -0.480. The molecule has 0 radical (unpaired) electrons. The van der Waals surface area contributed by atoms with Crippen LogP contribution in [0.15, 0.2) is 0 Å². The van der Waals surface area contributed by atoms with Crippen molar-refractivity contribution in [3.05, 3.63) is 0 Å². The van der Waals surface area contributed by atoms with Crippen LogP contribution in [0.4, 0.5) is 0 Å². The molecular formula is C13H26N2OS. The maximum absolute atomic E-state index is 11.4. The van der Waals surface area contributed by atoms with Crippen LogP contribution in [0.5, 0.6) is 0 Å². The Balaban J connectivity index is 3.19. The minimum absolute atomic E-state index is 0.174. The highest BCUT2D eigenvalue weighted by molar-refractivity contribution is 7.80. The molecule has 100 valence electrons. The first kappa shape index (κ1) is 16.5. The molecule has 0 atom stereocenters. The molecule has 0 aromatic rings. The van der Waals surface area contributed by atoms with Gasteiger partial charge in [0.05, 0.1) is 0 Å². The second-order valence-corrected chi connectivity index (χ2v) is 5.16. The smallest absolute Gasteiger partial charge is 0.219 e. The van der Waals surface area contributed by atoms with E-state index in [9.17, 15) is 4.79 Å². The topological polar surface area (TPSA) is 55.1 Å². The molecule has 17 heavy (non-hydrogen) atoms. The molecule has 0 saturated carbocycles. The number of hydrogen-bond acceptors (Lipinski definition) is 3. The molecule has 0 saturated heterocycles. The zero-order valence-corrected chi connectivity index (χ0v) is 11.8. The molecule has 0 aliphatic carbocycles. The predicted octanol–water partition coefficient (Wildman–Crippen LogP) is 2.57. The van der Waals surface area contributed by atoms with E-state index >= 15 is 0 Å². The van der Waals surface area contributed by atoms with E-state index in [-0.39, 0.29) is 5.91 Å². The Morgan fingerprint density at radius 3 is 2.35 bits per heavy atom. The lowest BCUT2D eigenvalue weighted by atomic mass is 10.1. The summed E-state index contributed by atoms with van der Waals surface area (Å²) in [7, 11) is 0. The Kier molecular flexibility index (Phi) is 11.7. The van der Waals surface area contributed by atoms with Gasteiger partial charge < -0.3 is 11.1 Å². The normalized spacial score (nSPS) is 10.2. The fraction of sp³-hybridized carbons (Fsp3) is 0.846. The second kappa shape index (κ2) is 12.0. The molecule has 0 aliphatic rings. The summed E-state index contributed by atoms with van der Waals surface area (Å²) in [6.45, 7) is 3.51. The molecule has 0 aliphatic heterocycles. The van der Waals surface area contributed by atoms with Crippen LogP contribution < -0.4 is 11.1 Å². The van der Waals surface area contributed by atoms with Gasteiger partial charge in [-0.15, -0.1) is 0 Å². The van der Waals surface area contributed by atoms with Gasteiger partial charge in [-0.2, -0.15) is 0 Å². The summed E-state index contributed by atoms with van der Waals surface area (Å²) in [5, 5.41) is 2.94. The molecule has 0 fully saturated rings. The van der Waals surface area contributed by atoms with Gasteiger partial charge in [-0.05, 0) is 50.4 Å². The highest BCUT2D eigenvalue weighted by atomic mass is 32.1. The number of nitrogens with one attached hydrogen (secondary N) is 1. The largest absolute Gasteiger partial charge is 0.356 e. The van der Waals surface area contributed by atoms with Crippen LogP contribution in [0, 0.1) is 0 Å². The lowest BCUT2D eigenvalue weighted by molar-refractivity contribution is -0.121. The van der Waals surface area contributed by atoms with Crippen molar-refractivity contribution in [3.63, 3.8) is 0 Å². The average molecular weight is 258 g/mol. The van der Waals surface area contributed by atoms with Crippen molar-refractivity contribution in [1.29, 1.82) is 0 Å². The molecule has 0 spiro atoms. The van der Waals surface area contributed by atoms with Crippen LogP contribution >= 0.6 is 12.2 Å². The standard InChI is InChI=1S/C13H26N2OS/c1-12(17)8-4-3-7-11-15-13(16)9-5-2-6-10-14/h2-11,14H2,1H3,(H,15,16). The van der Waals surface area contributed by atoms with Crippen LogP contribution in [0.25, 0.3) is 0 Å². The lowest BCUT2D eigenvalue weighted by Gasteiger charge is -2.05. The van der Waals surface area contributed by atoms with Crippen molar-refractivity contribution in [1.82, 2.24) is 5.32 Å². The lowest BCUT2D eigenvalue weighted by Crippen LogP contribution is -2.24. The van der Waals surface area contributed by atoms with Crippen molar-refractivity contribution < 1.29 is 4.79 Å². The Morgan fingerprint density at radius 2 is 1.71 bits per heavy atom. The number of unbranched alkanes of at least 4 members (excludes halogenated alkanes) is 4. The number of carbonyl (C=O) groups excluding carboxylic acids is 1. The number of rotatable bonds is 11. The molecule has 0 aromatic heterocycles. The summed E-state index contributed by atoms with van der Waals surface area (Å²) >= 11 is 5.01. The van der Waals surface area contributed by atoms with Gasteiger partial charge in [0.2, 0.25) is 5.91 Å². The van der Waals surface area contributed by atoms with Crippen LogP contribution in [0.3, 0.4) is 0 Å². The van der Waals surface area contributed by atoms with Crippen molar-refractivity contribution in [2.24, 2.45) is 5.73 Å². The number of carbonyl (C=O) groups is 1. The minimum atomic E-state index is 0.174. The van der Waals surface area contributed by atoms with Gasteiger partial charge in [-0.1, -0.05) is 25.1 Å². The summed E-state index contributed by atoms with van der Waals surface area (Å²) < 4.78 is 0. The molecule has 0 unspecified atom stereocenters. The third kappa shape index (κ3) is 13.5. The highest BCUT2D eigenvalue weighted by Crippen LogP contribution is 2.01. The van der Waals surface area contributed by atoms with E-state index in [4.69, 9.17) is 18.0 Å². The second-order valence-electron chi connectivity index (χ2n) is 4.46. The fourth-order valence-corrected chi connectivity index (χ4v) is 1.74. The van der Waals surface area contributed by atoms with E-state index in [0.29, 0.717) is 6.42 Å². The number of amides is 1. The number of nitrogens with two attached hydrogens (primary N) is 1. The van der Waals surface area contributed by atoms with E-state index in [1.165, 1.54) is 0 Å². The van der Waals surface area contributed by atoms with Gasteiger partial charge in [-0.25, -0.2) is 0 Å². The van der Waals surface area contributed by atoms with Gasteiger partial charge >= 0.3 is 0 Å². The molecule has 0 rings (SSSR count). The van der Waals surface area contributed by atoms with Crippen LogP contribution in [0.1, 0.15) is 58.3 Å². The van der Waals surface area contributed by atoms with Gasteiger partial charge in [-0.3, -0.25) is 4.79 Å². The Bertz CT molecular complexity index is 219. The third-order valence-electron chi connectivity index (χ3n) is 2.64. The first-order chi connectivity index (χ1) is 8.16. The van der Waals surface area contributed by atoms with E-state index in [2.05, 4.69) is 5.32 Å². The van der Waals surface area contributed by atoms with E-state index in [0.717, 1.165) is 62.9 Å². The zero-order valence-electron chi connectivity index (χ0n) is 11.0. The minimum Gasteiger partial charge on any atom is -0.356 e. The SMILES string of the molecule is CC(=S)CCCCCNC(=O)CCCCCN. The average Bonchev–Trinajstić information content (AvgIpc) is 2.29. The van der Waals surface area contributed by atoms with Crippen molar-refractivity contribution in [2.75, 3.05) is 13.1 Å². The Labute approximate surface area is 111 Å². The molecular weight excluding hydrogens is 232 g/mol. The van der Waals surface area contributed by atoms with Crippen LogP contribution in [-0.4, -0.2) is 23.9 Å². The molecule has 4 heteroatoms. The van der Waals surface area contributed by atoms with Crippen molar-refractivity contribution in [3.8, 4) is 0 Å². The van der Waals surface area contributed by atoms with Crippen molar-refractivity contribution in [2.45, 2.75) is 58.3 Å². The van der Waals surface area contributed by atoms with Crippen LogP contribution in [0.2, 0.25) is 0 Å². The highest BCUT2D eigenvalue weighted by Gasteiger charge is 1.99. The van der Waals surface area contributed by atoms with Gasteiger partial charge in [0, 0.05) is 13.0 Å². The molecule has 3 nitrogen and oxygen atoms in total. The maximum Gasteiger partial charge on any atom is 0.219 e. The first-order valence-corrected chi connectivity index (χ1v) is 7.04. The van der Waals surface area contributed by atoms with E-state index in [1.54, 1.807) is 0 Å². The van der Waals surface area contributed by atoms with Crippen LogP contribution in [-0.2, 0) is 4.79 Å². The monoisotopic (exact) mass is 258 g/mol. The predicted molar refractivity (Wildman–Crippen MR) is 77.3 cm³/mol. The van der Waals surface area contributed by atoms with Gasteiger partial charge in [0.15, 0.2) is 0 Å². The molecule has 0 bridgehead atoms. The fourth-order valence-electron chi connectivity index (χ4n) is 1.60. The molecule has 0 heterocycles. The van der Waals surface area contributed by atoms with Gasteiger partial charge in [0.1, 0.15) is 0 Å². The quantitative estimate of drug-likeness (QED) is 0.442.